The van der Waals surface area contributed by atoms with Crippen LogP contribution in [-0.2, 0) is 0 Å². The van der Waals surface area contributed by atoms with E-state index >= 15 is 0 Å². The van der Waals surface area contributed by atoms with Crippen molar-refractivity contribution in [3.63, 3.8) is 0 Å². The van der Waals surface area contributed by atoms with Crippen molar-refractivity contribution >= 4 is 29.0 Å². The monoisotopic (exact) mass is 294 g/mol. The lowest BCUT2D eigenvalue weighted by Gasteiger charge is -2.09. The van der Waals surface area contributed by atoms with Crippen molar-refractivity contribution in [2.24, 2.45) is 0 Å². The van der Waals surface area contributed by atoms with E-state index < -0.39 is 0 Å². The van der Waals surface area contributed by atoms with Gasteiger partial charge in [-0.25, -0.2) is 0 Å². The molecule has 2 aromatic carbocycles. The molecule has 0 aromatic heterocycles. The van der Waals surface area contributed by atoms with Crippen LogP contribution in [0.25, 0.3) is 0 Å². The van der Waals surface area contributed by atoms with E-state index in [4.69, 9.17) is 27.9 Å². The zero-order valence-electron chi connectivity index (χ0n) is 10.5. The van der Waals surface area contributed by atoms with Crippen LogP contribution in [0.2, 0.25) is 10.0 Å². The molecule has 19 heavy (non-hydrogen) atoms. The van der Waals surface area contributed by atoms with E-state index in [1.54, 1.807) is 36.4 Å². The van der Waals surface area contributed by atoms with Crippen LogP contribution in [0.15, 0.2) is 36.4 Å². The van der Waals surface area contributed by atoms with Gasteiger partial charge in [-0.15, -0.1) is 0 Å². The summed E-state index contributed by atoms with van der Waals surface area (Å²) in [6.45, 7) is 1.89. The van der Waals surface area contributed by atoms with Gasteiger partial charge in [-0.1, -0.05) is 23.2 Å². The molecule has 2 aromatic rings. The Labute approximate surface area is 121 Å². The second-order valence-corrected chi connectivity index (χ2v) is 5.06. The maximum absolute atomic E-state index is 12.5. The Kier molecular flexibility index (Phi) is 4.13. The van der Waals surface area contributed by atoms with Crippen LogP contribution in [-0.4, -0.2) is 12.9 Å². The Hall–Kier alpha value is -1.51. The summed E-state index contributed by atoms with van der Waals surface area (Å²) < 4.78 is 5.19. The minimum atomic E-state index is -0.162. The smallest absolute Gasteiger partial charge is 0.196 e. The van der Waals surface area contributed by atoms with Crippen LogP contribution in [0.3, 0.4) is 0 Å². The topological polar surface area (TPSA) is 26.3 Å². The molecule has 0 bridgehead atoms. The Morgan fingerprint density at radius 1 is 1.05 bits per heavy atom. The molecule has 0 saturated carbocycles. The van der Waals surface area contributed by atoms with Gasteiger partial charge in [0.1, 0.15) is 5.75 Å². The van der Waals surface area contributed by atoms with Crippen LogP contribution in [0.1, 0.15) is 21.5 Å². The molecule has 0 heterocycles. The first-order valence-electron chi connectivity index (χ1n) is 5.66. The van der Waals surface area contributed by atoms with Gasteiger partial charge >= 0.3 is 0 Å². The molecule has 0 saturated heterocycles. The molecule has 98 valence electrons. The number of aryl methyl sites for hydroxylation is 1. The number of carbonyl (C=O) groups excluding carboxylic acids is 1. The maximum Gasteiger partial charge on any atom is 0.196 e. The lowest BCUT2D eigenvalue weighted by atomic mass is 10.0. The third-order valence-corrected chi connectivity index (χ3v) is 3.16. The Morgan fingerprint density at radius 3 is 2.42 bits per heavy atom. The molecular weight excluding hydrogens is 283 g/mol. The molecule has 0 aliphatic carbocycles. The first kappa shape index (κ1) is 13.9. The van der Waals surface area contributed by atoms with Gasteiger partial charge in [-0.3, -0.25) is 4.79 Å². The van der Waals surface area contributed by atoms with Gasteiger partial charge in [0.25, 0.3) is 0 Å². The Balaban J connectivity index is 2.52. The van der Waals surface area contributed by atoms with Gasteiger partial charge < -0.3 is 4.74 Å². The molecule has 0 fully saturated rings. The molecule has 4 heteroatoms. The SMILES string of the molecule is COc1ccc(Cl)cc1C(=O)c1cc(C)cc(Cl)c1. The number of ketones is 1. The predicted octanol–water partition coefficient (Wildman–Crippen LogP) is 4.54. The molecule has 2 rings (SSSR count). The summed E-state index contributed by atoms with van der Waals surface area (Å²) in [4.78, 5) is 12.5. The summed E-state index contributed by atoms with van der Waals surface area (Å²) in [6.07, 6.45) is 0. The van der Waals surface area contributed by atoms with Gasteiger partial charge in [-0.2, -0.15) is 0 Å². The van der Waals surface area contributed by atoms with Crippen LogP contribution in [0.4, 0.5) is 0 Å². The molecule has 0 amide bonds. The van der Waals surface area contributed by atoms with Gasteiger partial charge in [0.15, 0.2) is 5.78 Å². The quantitative estimate of drug-likeness (QED) is 0.777. The van der Waals surface area contributed by atoms with Crippen molar-refractivity contribution < 1.29 is 9.53 Å². The van der Waals surface area contributed by atoms with Crippen molar-refractivity contribution in [2.75, 3.05) is 7.11 Å². The van der Waals surface area contributed by atoms with E-state index in [1.165, 1.54) is 7.11 Å². The maximum atomic E-state index is 12.5. The number of methoxy groups -OCH3 is 1. The highest BCUT2D eigenvalue weighted by molar-refractivity contribution is 6.32. The largest absolute Gasteiger partial charge is 0.496 e. The molecule has 0 unspecified atom stereocenters. The Bertz CT molecular complexity index is 616. The molecule has 0 radical (unpaired) electrons. The number of rotatable bonds is 3. The lowest BCUT2D eigenvalue weighted by Crippen LogP contribution is -2.04. The summed E-state index contributed by atoms with van der Waals surface area (Å²) in [5.41, 5.74) is 1.87. The van der Waals surface area contributed by atoms with Gasteiger partial charge in [0, 0.05) is 15.6 Å². The summed E-state index contributed by atoms with van der Waals surface area (Å²) in [5.74, 6) is 0.331. The molecule has 0 atom stereocenters. The Morgan fingerprint density at radius 2 is 1.79 bits per heavy atom. The van der Waals surface area contributed by atoms with Crippen LogP contribution < -0.4 is 4.74 Å². The van der Waals surface area contributed by atoms with Crippen LogP contribution in [0.5, 0.6) is 5.75 Å². The highest BCUT2D eigenvalue weighted by Gasteiger charge is 2.15. The van der Waals surface area contributed by atoms with E-state index in [0.717, 1.165) is 5.56 Å². The molecular formula is C15H12Cl2O2. The van der Waals surface area contributed by atoms with Crippen molar-refractivity contribution in [3.8, 4) is 5.75 Å². The van der Waals surface area contributed by atoms with E-state index in [1.807, 2.05) is 6.92 Å². The molecule has 2 nitrogen and oxygen atoms in total. The first-order valence-corrected chi connectivity index (χ1v) is 6.42. The number of ether oxygens (including phenoxy) is 1. The van der Waals surface area contributed by atoms with Gasteiger partial charge in [0.2, 0.25) is 0 Å². The molecule has 0 N–H and O–H groups in total. The van der Waals surface area contributed by atoms with Gasteiger partial charge in [-0.05, 0) is 48.9 Å². The minimum absolute atomic E-state index is 0.162. The number of hydrogen-bond acceptors (Lipinski definition) is 2. The van der Waals surface area contributed by atoms with E-state index in [9.17, 15) is 4.79 Å². The second-order valence-electron chi connectivity index (χ2n) is 4.19. The fourth-order valence-electron chi connectivity index (χ4n) is 1.88. The zero-order valence-corrected chi connectivity index (χ0v) is 12.0. The first-order chi connectivity index (χ1) is 9.01. The minimum Gasteiger partial charge on any atom is -0.496 e. The van der Waals surface area contributed by atoms with Crippen molar-refractivity contribution in [3.05, 3.63) is 63.1 Å². The lowest BCUT2D eigenvalue weighted by molar-refractivity contribution is 0.103. The number of benzene rings is 2. The van der Waals surface area contributed by atoms with Crippen molar-refractivity contribution in [2.45, 2.75) is 6.92 Å². The molecule has 0 aliphatic rings. The summed E-state index contributed by atoms with van der Waals surface area (Å²) in [7, 11) is 1.52. The highest BCUT2D eigenvalue weighted by atomic mass is 35.5. The van der Waals surface area contributed by atoms with E-state index in [2.05, 4.69) is 0 Å². The van der Waals surface area contributed by atoms with E-state index in [-0.39, 0.29) is 5.78 Å². The summed E-state index contributed by atoms with van der Waals surface area (Å²) in [6, 6.07) is 10.2. The zero-order chi connectivity index (χ0) is 14.0. The number of hydrogen-bond donors (Lipinski definition) is 0. The second kappa shape index (κ2) is 5.64. The van der Waals surface area contributed by atoms with Gasteiger partial charge in [0.05, 0.1) is 12.7 Å². The number of carbonyl (C=O) groups is 1. The predicted molar refractivity (Wildman–Crippen MR) is 77.6 cm³/mol. The average molecular weight is 295 g/mol. The van der Waals surface area contributed by atoms with E-state index in [0.29, 0.717) is 26.9 Å². The average Bonchev–Trinajstić information content (AvgIpc) is 2.36. The molecule has 0 aliphatic heterocycles. The summed E-state index contributed by atoms with van der Waals surface area (Å²) in [5, 5.41) is 1.02. The van der Waals surface area contributed by atoms with Crippen molar-refractivity contribution in [1.82, 2.24) is 0 Å². The third kappa shape index (κ3) is 3.09. The fraction of sp³-hybridized carbons (Fsp3) is 0.133. The van der Waals surface area contributed by atoms with Crippen LogP contribution in [0, 0.1) is 6.92 Å². The standard InChI is InChI=1S/C15H12Cl2O2/c1-9-5-10(7-12(17)6-9)15(18)13-8-11(16)3-4-14(13)19-2/h3-8H,1-2H3. The molecule has 0 spiro atoms. The third-order valence-electron chi connectivity index (χ3n) is 2.71. The number of halogens is 2. The van der Waals surface area contributed by atoms with Crippen molar-refractivity contribution in [1.29, 1.82) is 0 Å². The normalized spacial score (nSPS) is 10.3. The fourth-order valence-corrected chi connectivity index (χ4v) is 2.34. The highest BCUT2D eigenvalue weighted by Crippen LogP contribution is 2.26. The summed E-state index contributed by atoms with van der Waals surface area (Å²) >= 11 is 11.9. The van der Waals surface area contributed by atoms with Crippen LogP contribution >= 0.6 is 23.2 Å².